The molecule has 1 aromatic heterocycles. The maximum Gasteiger partial charge on any atom is 0.267 e. The number of carbonyl (C=O) groups is 3. The first-order chi connectivity index (χ1) is 8.13. The summed E-state index contributed by atoms with van der Waals surface area (Å²) in [6.45, 7) is 0. The number of carbonyl (C=O) groups excluding carboxylic acids is 3. The van der Waals surface area contributed by atoms with Gasteiger partial charge in [-0.25, -0.2) is 0 Å². The van der Waals surface area contributed by atoms with Crippen molar-refractivity contribution < 1.29 is 14.4 Å². The normalized spacial score (nSPS) is 19.0. The van der Waals surface area contributed by atoms with E-state index in [1.807, 2.05) is 4.84 Å². The van der Waals surface area contributed by atoms with Crippen LogP contribution in [0.1, 0.15) is 28.4 Å². The minimum absolute atomic E-state index is 0.00158. The predicted octanol–water partition coefficient (Wildman–Crippen LogP) is 0.0953. The first kappa shape index (κ1) is 11.5. The summed E-state index contributed by atoms with van der Waals surface area (Å²) in [6.07, 6.45) is 1.45. The molecule has 1 saturated heterocycles. The number of aromatic nitrogens is 1. The summed E-state index contributed by atoms with van der Waals surface area (Å²) >= 11 is 5.24. The molecule has 0 radical (unpaired) electrons. The molecule has 0 aromatic carbocycles. The monoisotopic (exact) mass is 253 g/mol. The molecule has 88 valence electrons. The molecule has 1 unspecified atom stereocenters. The van der Waals surface area contributed by atoms with Crippen molar-refractivity contribution >= 4 is 29.5 Å². The third-order valence-corrected chi connectivity index (χ3v) is 2.64. The minimum Gasteiger partial charge on any atom is -0.296 e. The van der Waals surface area contributed by atoms with Crippen LogP contribution < -0.4 is 10.2 Å². The van der Waals surface area contributed by atoms with Gasteiger partial charge in [-0.15, -0.1) is 0 Å². The molecule has 1 aromatic rings. The summed E-state index contributed by atoms with van der Waals surface area (Å²) in [6, 6.07) is 3.05. The van der Waals surface area contributed by atoms with Gasteiger partial charge in [0.05, 0.1) is 17.2 Å². The Kier molecular flexibility index (Phi) is 3.06. The van der Waals surface area contributed by atoms with E-state index in [9.17, 15) is 14.4 Å². The van der Waals surface area contributed by atoms with Crippen LogP contribution in [-0.4, -0.2) is 22.7 Å². The highest BCUT2D eigenvalue weighted by Gasteiger charge is 2.35. The molecule has 3 amide bonds. The second-order valence-corrected chi connectivity index (χ2v) is 3.72. The molecule has 2 N–H and O–H groups in total. The summed E-state index contributed by atoms with van der Waals surface area (Å²) in [5.74, 6) is -2.10. The highest BCUT2D eigenvalue weighted by atomic mass is 35.5. The number of hydrogen-bond acceptors (Lipinski definition) is 4. The summed E-state index contributed by atoms with van der Waals surface area (Å²) in [4.78, 5) is 40.0. The summed E-state index contributed by atoms with van der Waals surface area (Å²) in [7, 11) is 0. The number of rotatable bonds is 2. The third kappa shape index (κ3) is 2.12. The van der Waals surface area contributed by atoms with E-state index < -0.39 is 17.7 Å². The van der Waals surface area contributed by atoms with Crippen LogP contribution in [0.15, 0.2) is 18.3 Å². The molecular formula is C10H8ClN3O3. The first-order valence-corrected chi connectivity index (χ1v) is 5.21. The average molecular weight is 254 g/mol. The van der Waals surface area contributed by atoms with E-state index in [1.54, 1.807) is 6.07 Å². The minimum atomic E-state index is -0.729. The lowest BCUT2D eigenvalue weighted by Crippen LogP contribution is -2.23. The zero-order valence-electron chi connectivity index (χ0n) is 8.57. The Hall–Kier alpha value is -1.95. The maximum atomic E-state index is 11.5. The van der Waals surface area contributed by atoms with E-state index in [-0.39, 0.29) is 23.6 Å². The van der Waals surface area contributed by atoms with Crippen LogP contribution in [-0.2, 0) is 9.59 Å². The molecule has 1 atom stereocenters. The van der Waals surface area contributed by atoms with Crippen LogP contribution >= 0.6 is 11.8 Å². The SMILES string of the molecule is O=C1CC(c2ncccc2C(=O)NCl)C(=O)N1. The molecule has 1 fully saturated rings. The van der Waals surface area contributed by atoms with Crippen molar-refractivity contribution in [3.05, 3.63) is 29.6 Å². The lowest BCUT2D eigenvalue weighted by Gasteiger charge is -2.09. The van der Waals surface area contributed by atoms with Crippen LogP contribution in [0, 0.1) is 0 Å². The molecule has 2 rings (SSSR count). The molecule has 0 aliphatic carbocycles. The van der Waals surface area contributed by atoms with Gasteiger partial charge >= 0.3 is 0 Å². The molecule has 7 heteroatoms. The molecule has 6 nitrogen and oxygen atoms in total. The summed E-state index contributed by atoms with van der Waals surface area (Å²) < 4.78 is 0. The van der Waals surface area contributed by atoms with Crippen molar-refractivity contribution in [2.45, 2.75) is 12.3 Å². The maximum absolute atomic E-state index is 11.5. The molecule has 0 bridgehead atoms. The van der Waals surface area contributed by atoms with Crippen molar-refractivity contribution in [1.29, 1.82) is 0 Å². The Morgan fingerprint density at radius 3 is 2.88 bits per heavy atom. The number of nitrogens with zero attached hydrogens (tertiary/aromatic N) is 1. The van der Waals surface area contributed by atoms with Crippen LogP contribution in [0.4, 0.5) is 0 Å². The van der Waals surface area contributed by atoms with Crippen molar-refractivity contribution in [1.82, 2.24) is 15.1 Å². The zero-order valence-corrected chi connectivity index (χ0v) is 9.32. The van der Waals surface area contributed by atoms with Gasteiger partial charge in [0.25, 0.3) is 5.91 Å². The average Bonchev–Trinajstić information content (AvgIpc) is 2.67. The standard InChI is InChI=1S/C10H8ClN3O3/c11-14-10(17)5-2-1-3-12-8(5)6-4-7(15)13-9(6)16/h1-3,6H,4H2,(H,14,17)(H,13,15,16). The first-order valence-electron chi connectivity index (χ1n) is 4.83. The van der Waals surface area contributed by atoms with Gasteiger partial charge in [-0.1, -0.05) is 0 Å². The summed E-state index contributed by atoms with van der Waals surface area (Å²) in [5, 5.41) is 2.17. The fourth-order valence-corrected chi connectivity index (χ4v) is 1.81. The molecule has 1 aliphatic heterocycles. The van der Waals surface area contributed by atoms with Gasteiger partial charge < -0.3 is 0 Å². The number of pyridine rings is 1. The molecule has 17 heavy (non-hydrogen) atoms. The Morgan fingerprint density at radius 1 is 1.53 bits per heavy atom. The van der Waals surface area contributed by atoms with Crippen LogP contribution in [0.2, 0.25) is 0 Å². The van der Waals surface area contributed by atoms with Crippen molar-refractivity contribution in [2.75, 3.05) is 0 Å². The Labute approximate surface area is 101 Å². The van der Waals surface area contributed by atoms with Gasteiger partial charge in [-0.2, -0.15) is 0 Å². The molecule has 0 saturated carbocycles. The van der Waals surface area contributed by atoms with Crippen molar-refractivity contribution in [3.8, 4) is 0 Å². The van der Waals surface area contributed by atoms with Crippen molar-refractivity contribution in [2.24, 2.45) is 0 Å². The number of imide groups is 1. The Balaban J connectivity index is 2.42. The molecule has 2 heterocycles. The number of nitrogens with one attached hydrogen (secondary N) is 2. The molecular weight excluding hydrogens is 246 g/mol. The quantitative estimate of drug-likeness (QED) is 0.578. The second-order valence-electron chi connectivity index (χ2n) is 3.53. The Bertz CT molecular complexity index is 503. The Morgan fingerprint density at radius 2 is 2.29 bits per heavy atom. The summed E-state index contributed by atoms with van der Waals surface area (Å²) in [5.41, 5.74) is 0.450. The molecule has 0 spiro atoms. The highest BCUT2D eigenvalue weighted by molar-refractivity contribution is 6.24. The van der Waals surface area contributed by atoms with Crippen LogP contribution in [0.5, 0.6) is 0 Å². The second kappa shape index (κ2) is 4.50. The highest BCUT2D eigenvalue weighted by Crippen LogP contribution is 2.25. The zero-order chi connectivity index (χ0) is 12.4. The van der Waals surface area contributed by atoms with E-state index in [0.717, 1.165) is 0 Å². The van der Waals surface area contributed by atoms with E-state index in [0.29, 0.717) is 0 Å². The smallest absolute Gasteiger partial charge is 0.267 e. The number of amides is 3. The number of halogens is 1. The van der Waals surface area contributed by atoms with E-state index in [4.69, 9.17) is 11.8 Å². The van der Waals surface area contributed by atoms with Crippen molar-refractivity contribution in [3.63, 3.8) is 0 Å². The van der Waals surface area contributed by atoms with Gasteiger partial charge in [0.1, 0.15) is 0 Å². The van der Waals surface area contributed by atoms with Gasteiger partial charge in [0.2, 0.25) is 11.8 Å². The lowest BCUT2D eigenvalue weighted by molar-refractivity contribution is -0.125. The fraction of sp³-hybridized carbons (Fsp3) is 0.200. The van der Waals surface area contributed by atoms with E-state index in [1.165, 1.54) is 12.3 Å². The van der Waals surface area contributed by atoms with Gasteiger partial charge in [0, 0.05) is 24.4 Å². The van der Waals surface area contributed by atoms with E-state index in [2.05, 4.69) is 10.3 Å². The van der Waals surface area contributed by atoms with E-state index >= 15 is 0 Å². The fourth-order valence-electron chi connectivity index (χ4n) is 1.71. The van der Waals surface area contributed by atoms with Gasteiger partial charge in [0.15, 0.2) is 0 Å². The number of hydrogen-bond donors (Lipinski definition) is 2. The van der Waals surface area contributed by atoms with Crippen LogP contribution in [0.25, 0.3) is 0 Å². The largest absolute Gasteiger partial charge is 0.296 e. The topological polar surface area (TPSA) is 88.2 Å². The third-order valence-electron chi connectivity index (χ3n) is 2.47. The van der Waals surface area contributed by atoms with Gasteiger partial charge in [-0.05, 0) is 12.1 Å². The van der Waals surface area contributed by atoms with Gasteiger partial charge in [-0.3, -0.25) is 29.5 Å². The lowest BCUT2D eigenvalue weighted by atomic mass is 9.98. The van der Waals surface area contributed by atoms with Crippen LogP contribution in [0.3, 0.4) is 0 Å². The predicted molar refractivity (Wildman–Crippen MR) is 58.1 cm³/mol. The molecule has 1 aliphatic rings.